The van der Waals surface area contributed by atoms with E-state index in [2.05, 4.69) is 21.3 Å². The van der Waals surface area contributed by atoms with Crippen LogP contribution in [0.15, 0.2) is 24.3 Å². The highest BCUT2D eigenvalue weighted by atomic mass is 16.4. The van der Waals surface area contributed by atoms with Gasteiger partial charge in [-0.1, -0.05) is 12.1 Å². The van der Waals surface area contributed by atoms with Crippen molar-refractivity contribution >= 4 is 53.4 Å². The fourth-order valence-corrected chi connectivity index (χ4v) is 4.14. The Bertz CT molecular complexity index is 1420. The maximum atomic E-state index is 13.5. The number of aliphatic hydroxyl groups is 1. The van der Waals surface area contributed by atoms with Crippen molar-refractivity contribution in [3.8, 4) is 5.75 Å². The smallest absolute Gasteiger partial charge is 0.328 e. The largest absolute Gasteiger partial charge is 0.508 e. The van der Waals surface area contributed by atoms with Crippen molar-refractivity contribution in [2.45, 2.75) is 81.7 Å². The molecule has 0 aliphatic rings. The Morgan fingerprint density at radius 2 is 1.04 bits per heavy atom. The molecule has 0 radical (unpaired) electrons. The number of amides is 6. The average Bonchev–Trinajstić information content (AvgIpc) is 3.02. The molecule has 21 heteroatoms. The Balaban J connectivity index is 3.39. The van der Waals surface area contributed by atoms with Crippen molar-refractivity contribution in [3.05, 3.63) is 29.8 Å². The molecule has 0 unspecified atom stereocenters. The summed E-state index contributed by atoms with van der Waals surface area (Å²) in [6.45, 7) is 0.257. The number of aliphatic carboxylic acids is 3. The number of primary amides is 1. The standard InChI is InChI=1S/C29H41N7O14/c1-13(30)24(44)34-19(11-21(31)39)28(48)33-16(6-8-22(40)41)25(45)32-17(7-9-23(42)43)26(46)35-18(10-14-2-4-15(38)5-3-14)27(47)36-20(12-37)29(49)50/h2-5,13,16-20,37-38H,6-12,30H2,1H3,(H2,31,39)(H,32,45)(H,33,48)(H,34,44)(H,35,46)(H,36,47)(H,40,41)(H,42,43)(H,49,50)/t13-,16-,17-,18-,19-,20-/m0/s1. The summed E-state index contributed by atoms with van der Waals surface area (Å²) in [5.41, 5.74) is 11.0. The van der Waals surface area contributed by atoms with Gasteiger partial charge in [-0.2, -0.15) is 0 Å². The van der Waals surface area contributed by atoms with Gasteiger partial charge in [-0.15, -0.1) is 0 Å². The molecule has 1 rings (SSSR count). The highest BCUT2D eigenvalue weighted by Crippen LogP contribution is 2.12. The van der Waals surface area contributed by atoms with Crippen LogP contribution in [0.1, 0.15) is 44.6 Å². The molecule has 6 amide bonds. The number of carboxylic acid groups (broad SMARTS) is 3. The Hall–Kier alpha value is -5.83. The maximum Gasteiger partial charge on any atom is 0.328 e. The van der Waals surface area contributed by atoms with Crippen molar-refractivity contribution in [2.75, 3.05) is 6.61 Å². The van der Waals surface area contributed by atoms with Gasteiger partial charge in [-0.25, -0.2) is 4.79 Å². The van der Waals surface area contributed by atoms with E-state index in [0.717, 1.165) is 0 Å². The van der Waals surface area contributed by atoms with Gasteiger partial charge in [0.05, 0.1) is 19.1 Å². The molecule has 0 saturated heterocycles. The van der Waals surface area contributed by atoms with Crippen LogP contribution in [-0.4, -0.2) is 122 Å². The highest BCUT2D eigenvalue weighted by Gasteiger charge is 2.33. The summed E-state index contributed by atoms with van der Waals surface area (Å²) in [4.78, 5) is 111. The van der Waals surface area contributed by atoms with Crippen LogP contribution in [0.25, 0.3) is 0 Å². The Morgan fingerprint density at radius 3 is 1.44 bits per heavy atom. The van der Waals surface area contributed by atoms with Crippen LogP contribution >= 0.6 is 0 Å². The quantitative estimate of drug-likeness (QED) is 0.0538. The summed E-state index contributed by atoms with van der Waals surface area (Å²) in [6.07, 6.45) is -3.67. The summed E-state index contributed by atoms with van der Waals surface area (Å²) in [5.74, 6) is -11.1. The van der Waals surface area contributed by atoms with Gasteiger partial charge in [0.2, 0.25) is 35.4 Å². The van der Waals surface area contributed by atoms with E-state index in [1.54, 1.807) is 0 Å². The molecule has 276 valence electrons. The first kappa shape index (κ1) is 42.2. The van der Waals surface area contributed by atoms with Crippen LogP contribution in [-0.2, 0) is 49.6 Å². The second-order valence-electron chi connectivity index (χ2n) is 11.0. The van der Waals surface area contributed by atoms with Gasteiger partial charge >= 0.3 is 17.9 Å². The van der Waals surface area contributed by atoms with Gasteiger partial charge in [0.25, 0.3) is 0 Å². The van der Waals surface area contributed by atoms with E-state index in [4.69, 9.17) is 11.5 Å². The summed E-state index contributed by atoms with van der Waals surface area (Å²) in [7, 11) is 0. The second-order valence-corrected chi connectivity index (χ2v) is 11.0. The number of nitrogens with one attached hydrogen (secondary N) is 5. The molecule has 0 bridgehead atoms. The van der Waals surface area contributed by atoms with Gasteiger partial charge in [-0.05, 0) is 37.5 Å². The number of hydrogen-bond donors (Lipinski definition) is 12. The predicted molar refractivity (Wildman–Crippen MR) is 167 cm³/mol. The van der Waals surface area contributed by atoms with Crippen molar-refractivity contribution in [3.63, 3.8) is 0 Å². The van der Waals surface area contributed by atoms with Crippen molar-refractivity contribution < 1.29 is 68.7 Å². The van der Waals surface area contributed by atoms with Crippen molar-refractivity contribution in [1.82, 2.24) is 26.6 Å². The Labute approximate surface area is 284 Å². The minimum Gasteiger partial charge on any atom is -0.508 e. The average molecular weight is 712 g/mol. The molecule has 50 heavy (non-hydrogen) atoms. The van der Waals surface area contributed by atoms with Gasteiger partial charge in [0.15, 0.2) is 0 Å². The van der Waals surface area contributed by atoms with Gasteiger partial charge in [0, 0.05) is 19.3 Å². The molecule has 0 heterocycles. The van der Waals surface area contributed by atoms with Crippen LogP contribution < -0.4 is 38.1 Å². The maximum absolute atomic E-state index is 13.5. The first-order valence-electron chi connectivity index (χ1n) is 14.9. The first-order chi connectivity index (χ1) is 23.3. The van der Waals surface area contributed by atoms with Crippen LogP contribution in [0.4, 0.5) is 0 Å². The minimum atomic E-state index is -1.78. The lowest BCUT2D eigenvalue weighted by atomic mass is 10.0. The SMILES string of the molecule is C[C@H](N)C(=O)N[C@@H](CC(N)=O)C(=O)N[C@@H](CCC(=O)O)C(=O)N[C@@H](CCC(=O)O)C(=O)N[C@@H](Cc1ccc(O)cc1)C(=O)N[C@@H](CO)C(=O)O. The van der Waals surface area contributed by atoms with Crippen LogP contribution in [0.2, 0.25) is 0 Å². The molecule has 1 aromatic carbocycles. The molecule has 0 spiro atoms. The number of aromatic hydroxyl groups is 1. The minimum absolute atomic E-state index is 0.136. The number of nitrogens with two attached hydrogens (primary N) is 2. The van der Waals surface area contributed by atoms with Gasteiger partial charge in [-0.3, -0.25) is 38.4 Å². The van der Waals surface area contributed by atoms with Crippen LogP contribution in [0, 0.1) is 0 Å². The van der Waals surface area contributed by atoms with Crippen LogP contribution in [0.3, 0.4) is 0 Å². The normalized spacial score (nSPS) is 14.3. The number of benzene rings is 1. The van der Waals surface area contributed by atoms with Crippen LogP contribution in [0.5, 0.6) is 5.75 Å². The van der Waals surface area contributed by atoms with Crippen molar-refractivity contribution in [1.29, 1.82) is 0 Å². The number of rotatable bonds is 22. The number of carbonyl (C=O) groups excluding carboxylic acids is 6. The van der Waals surface area contributed by atoms with E-state index in [-0.39, 0.29) is 12.2 Å². The van der Waals surface area contributed by atoms with E-state index in [1.165, 1.54) is 31.2 Å². The van der Waals surface area contributed by atoms with E-state index in [9.17, 15) is 68.7 Å². The number of phenolic OH excluding ortho intramolecular Hbond substituents is 1. The summed E-state index contributed by atoms with van der Waals surface area (Å²) in [6, 6.07) is -4.35. The van der Waals surface area contributed by atoms with E-state index in [0.29, 0.717) is 5.56 Å². The molecular weight excluding hydrogens is 670 g/mol. The molecule has 14 N–H and O–H groups in total. The third-order valence-electron chi connectivity index (χ3n) is 6.82. The number of carbonyl (C=O) groups is 9. The molecule has 1 aromatic rings. The zero-order chi connectivity index (χ0) is 38.1. The first-order valence-corrected chi connectivity index (χ1v) is 14.9. The van der Waals surface area contributed by atoms with E-state index in [1.807, 2.05) is 5.32 Å². The van der Waals surface area contributed by atoms with E-state index < -0.39 is 128 Å². The lowest BCUT2D eigenvalue weighted by Gasteiger charge is -2.26. The fraction of sp³-hybridized carbons (Fsp3) is 0.483. The lowest BCUT2D eigenvalue weighted by Crippen LogP contribution is -2.60. The molecule has 21 nitrogen and oxygen atoms in total. The monoisotopic (exact) mass is 711 g/mol. The summed E-state index contributed by atoms with van der Waals surface area (Å²) < 4.78 is 0. The molecule has 0 aliphatic carbocycles. The molecule has 6 atom stereocenters. The second kappa shape index (κ2) is 20.5. The van der Waals surface area contributed by atoms with Gasteiger partial charge < -0.3 is 63.6 Å². The zero-order valence-corrected chi connectivity index (χ0v) is 26.8. The molecule has 0 aromatic heterocycles. The number of phenols is 1. The molecule has 0 fully saturated rings. The summed E-state index contributed by atoms with van der Waals surface area (Å²) in [5, 5.41) is 57.5. The summed E-state index contributed by atoms with van der Waals surface area (Å²) >= 11 is 0. The number of carboxylic acids is 3. The third kappa shape index (κ3) is 15.4. The lowest BCUT2D eigenvalue weighted by molar-refractivity contribution is -0.143. The van der Waals surface area contributed by atoms with Crippen molar-refractivity contribution in [2.24, 2.45) is 11.5 Å². The zero-order valence-electron chi connectivity index (χ0n) is 26.8. The fourth-order valence-electron chi connectivity index (χ4n) is 4.14. The predicted octanol–water partition coefficient (Wildman–Crippen LogP) is -4.61. The topological polar surface area (TPSA) is 367 Å². The molecule has 0 aliphatic heterocycles. The number of aliphatic hydroxyl groups excluding tert-OH is 1. The van der Waals surface area contributed by atoms with E-state index >= 15 is 0 Å². The van der Waals surface area contributed by atoms with Gasteiger partial charge in [0.1, 0.15) is 36.0 Å². The Morgan fingerprint density at radius 1 is 0.640 bits per heavy atom. The highest BCUT2D eigenvalue weighted by molar-refractivity contribution is 5.97. The molecule has 0 saturated carbocycles. The Kier molecular flexibility index (Phi) is 17.3. The number of hydrogen-bond acceptors (Lipinski definition) is 12. The third-order valence-corrected chi connectivity index (χ3v) is 6.82. The molecular formula is C29H41N7O14.